The Morgan fingerprint density at radius 1 is 1.11 bits per heavy atom. The fraction of sp³-hybridized carbons (Fsp3) is 0.320. The van der Waals surface area contributed by atoms with Crippen molar-refractivity contribution in [1.82, 2.24) is 14.5 Å². The van der Waals surface area contributed by atoms with Gasteiger partial charge in [0.05, 0.1) is 23.0 Å². The summed E-state index contributed by atoms with van der Waals surface area (Å²) in [5.41, 5.74) is -1.57. The molecule has 4 aromatic rings. The molecule has 5 rings (SSSR count). The lowest BCUT2D eigenvalue weighted by molar-refractivity contribution is -0.137. The van der Waals surface area contributed by atoms with Crippen molar-refractivity contribution in [2.45, 2.75) is 37.6 Å². The molecular weight excluding hydrogens is 479 g/mol. The van der Waals surface area contributed by atoms with Crippen LogP contribution in [0.25, 0.3) is 20.3 Å². The zero-order chi connectivity index (χ0) is 24.8. The summed E-state index contributed by atoms with van der Waals surface area (Å²) < 4.78 is 42.1. The van der Waals surface area contributed by atoms with Gasteiger partial charge in [-0.2, -0.15) is 13.2 Å². The van der Waals surface area contributed by atoms with Crippen LogP contribution in [-0.2, 0) is 23.1 Å². The largest absolute Gasteiger partial charge is 0.416 e. The number of aryl methyl sites for hydroxylation is 1. The molecule has 0 aliphatic carbocycles. The molecule has 1 saturated heterocycles. The quantitative estimate of drug-likeness (QED) is 0.446. The van der Waals surface area contributed by atoms with E-state index in [-0.39, 0.29) is 55.9 Å². The van der Waals surface area contributed by atoms with Crippen molar-refractivity contribution in [2.75, 3.05) is 13.1 Å². The van der Waals surface area contributed by atoms with E-state index in [1.54, 1.807) is 4.90 Å². The van der Waals surface area contributed by atoms with Crippen LogP contribution >= 0.6 is 11.3 Å². The van der Waals surface area contributed by atoms with Gasteiger partial charge in [-0.1, -0.05) is 30.3 Å². The Morgan fingerprint density at radius 3 is 2.60 bits per heavy atom. The number of benzene rings is 2. The molecule has 0 saturated carbocycles. The molecular formula is C25H22F3N3O3S. The number of carbonyl (C=O) groups is 1. The number of rotatable bonds is 4. The van der Waals surface area contributed by atoms with Gasteiger partial charge >= 0.3 is 6.18 Å². The molecule has 3 heterocycles. The second-order valence-corrected chi connectivity index (χ2v) is 9.81. The molecule has 6 nitrogen and oxygen atoms in total. The molecule has 2 aromatic heterocycles. The first-order valence-corrected chi connectivity index (χ1v) is 12.0. The van der Waals surface area contributed by atoms with Gasteiger partial charge in [-0.15, -0.1) is 11.3 Å². The standard InChI is InChI=1S/C25H22F3N3O3S/c26-25(27,28)17-5-3-4-16(14-17)24(34)9-12-30(13-10-24)20(32)8-11-31-15-29-21-18-6-1-2-7-19(18)35-22(21)23(31)33/h1-7,14-15,34H,8-13H2. The zero-order valence-electron chi connectivity index (χ0n) is 18.6. The van der Waals surface area contributed by atoms with Crippen molar-refractivity contribution in [3.8, 4) is 0 Å². The van der Waals surface area contributed by atoms with E-state index < -0.39 is 17.3 Å². The van der Waals surface area contributed by atoms with E-state index >= 15 is 0 Å². The van der Waals surface area contributed by atoms with Crippen LogP contribution in [0.2, 0.25) is 0 Å². The van der Waals surface area contributed by atoms with Gasteiger partial charge in [-0.3, -0.25) is 14.2 Å². The average Bonchev–Trinajstić information content (AvgIpc) is 3.23. The van der Waals surface area contributed by atoms with Crippen molar-refractivity contribution >= 4 is 37.5 Å². The molecule has 0 radical (unpaired) electrons. The highest BCUT2D eigenvalue weighted by Gasteiger charge is 2.37. The monoisotopic (exact) mass is 501 g/mol. The van der Waals surface area contributed by atoms with Crippen molar-refractivity contribution in [3.63, 3.8) is 0 Å². The first kappa shape index (κ1) is 23.5. The van der Waals surface area contributed by atoms with E-state index in [2.05, 4.69) is 4.98 Å². The molecule has 1 amide bonds. The Kier molecular flexibility index (Phi) is 5.88. The molecule has 1 N–H and O–H groups in total. The summed E-state index contributed by atoms with van der Waals surface area (Å²) in [5, 5.41) is 11.9. The maximum atomic E-state index is 13.1. The van der Waals surface area contributed by atoms with Gasteiger partial charge < -0.3 is 10.0 Å². The number of aromatic nitrogens is 2. The van der Waals surface area contributed by atoms with Crippen LogP contribution < -0.4 is 5.56 Å². The first-order valence-electron chi connectivity index (χ1n) is 11.2. The number of halogens is 3. The van der Waals surface area contributed by atoms with E-state index in [0.29, 0.717) is 10.2 Å². The normalized spacial score (nSPS) is 16.2. The van der Waals surface area contributed by atoms with Gasteiger partial charge in [0.2, 0.25) is 5.91 Å². The Labute approximate surface area is 202 Å². The molecule has 0 bridgehead atoms. The SMILES string of the molecule is O=C(CCn1cnc2c(sc3ccccc32)c1=O)N1CCC(O)(c2cccc(C(F)(F)F)c2)CC1. The van der Waals surface area contributed by atoms with E-state index in [1.165, 1.54) is 34.4 Å². The number of likely N-dealkylation sites (tertiary alicyclic amines) is 1. The number of aliphatic hydroxyl groups is 1. The number of fused-ring (bicyclic) bond motifs is 3. The topological polar surface area (TPSA) is 75.4 Å². The smallest absolute Gasteiger partial charge is 0.385 e. The van der Waals surface area contributed by atoms with Crippen LogP contribution in [0.15, 0.2) is 59.7 Å². The van der Waals surface area contributed by atoms with Gasteiger partial charge in [0.25, 0.3) is 5.56 Å². The van der Waals surface area contributed by atoms with Crippen LogP contribution in [0.4, 0.5) is 13.2 Å². The molecule has 0 unspecified atom stereocenters. The number of thiophene rings is 1. The number of nitrogens with zero attached hydrogens (tertiary/aromatic N) is 3. The van der Waals surface area contributed by atoms with E-state index in [1.807, 2.05) is 24.3 Å². The average molecular weight is 502 g/mol. The maximum Gasteiger partial charge on any atom is 0.416 e. The van der Waals surface area contributed by atoms with Crippen molar-refractivity contribution in [1.29, 1.82) is 0 Å². The second kappa shape index (κ2) is 8.76. The third kappa shape index (κ3) is 4.43. The minimum Gasteiger partial charge on any atom is -0.385 e. The lowest BCUT2D eigenvalue weighted by Gasteiger charge is -2.38. The predicted molar refractivity (Wildman–Crippen MR) is 127 cm³/mol. The summed E-state index contributed by atoms with van der Waals surface area (Å²) in [4.78, 5) is 31.7. The van der Waals surface area contributed by atoms with E-state index in [0.717, 1.165) is 22.2 Å². The number of piperidine rings is 1. The van der Waals surface area contributed by atoms with Crippen LogP contribution in [0, 0.1) is 0 Å². The highest BCUT2D eigenvalue weighted by Crippen LogP contribution is 2.37. The summed E-state index contributed by atoms with van der Waals surface area (Å²) in [6.45, 7) is 0.603. The molecule has 35 heavy (non-hydrogen) atoms. The number of hydrogen-bond acceptors (Lipinski definition) is 5. The molecule has 0 spiro atoms. The minimum absolute atomic E-state index is 0.0833. The highest BCUT2D eigenvalue weighted by atomic mass is 32.1. The molecule has 2 aromatic carbocycles. The van der Waals surface area contributed by atoms with Crippen LogP contribution in [-0.4, -0.2) is 38.6 Å². The Morgan fingerprint density at radius 2 is 1.86 bits per heavy atom. The van der Waals surface area contributed by atoms with Crippen molar-refractivity contribution < 1.29 is 23.1 Å². The van der Waals surface area contributed by atoms with Crippen LogP contribution in [0.5, 0.6) is 0 Å². The zero-order valence-corrected chi connectivity index (χ0v) is 19.4. The fourth-order valence-corrected chi connectivity index (χ4v) is 5.65. The highest BCUT2D eigenvalue weighted by molar-refractivity contribution is 7.25. The van der Waals surface area contributed by atoms with Crippen LogP contribution in [0.1, 0.15) is 30.4 Å². The Balaban J connectivity index is 1.24. The second-order valence-electron chi connectivity index (χ2n) is 8.76. The van der Waals surface area contributed by atoms with Crippen molar-refractivity contribution in [3.05, 3.63) is 76.3 Å². The number of carbonyl (C=O) groups excluding carboxylic acids is 1. The lowest BCUT2D eigenvalue weighted by atomic mass is 9.83. The van der Waals surface area contributed by atoms with E-state index in [9.17, 15) is 27.9 Å². The molecule has 1 aliphatic heterocycles. The number of alkyl halides is 3. The third-order valence-electron chi connectivity index (χ3n) is 6.59. The summed E-state index contributed by atoms with van der Waals surface area (Å²) in [6.07, 6.45) is -2.68. The number of hydrogen-bond donors (Lipinski definition) is 1. The summed E-state index contributed by atoms with van der Waals surface area (Å²) in [5.74, 6) is -0.181. The summed E-state index contributed by atoms with van der Waals surface area (Å²) in [7, 11) is 0. The molecule has 182 valence electrons. The van der Waals surface area contributed by atoms with E-state index in [4.69, 9.17) is 0 Å². The Hall–Kier alpha value is -3.24. The van der Waals surface area contributed by atoms with Gasteiger partial charge in [-0.25, -0.2) is 4.98 Å². The molecule has 10 heteroatoms. The fourth-order valence-electron chi connectivity index (χ4n) is 4.55. The number of amides is 1. The summed E-state index contributed by atoms with van der Waals surface area (Å²) in [6, 6.07) is 12.4. The van der Waals surface area contributed by atoms with Gasteiger partial charge in [-0.05, 0) is 36.6 Å². The summed E-state index contributed by atoms with van der Waals surface area (Å²) >= 11 is 1.38. The van der Waals surface area contributed by atoms with Gasteiger partial charge in [0.1, 0.15) is 4.70 Å². The lowest BCUT2D eigenvalue weighted by Crippen LogP contribution is -2.45. The molecule has 1 aliphatic rings. The first-order chi connectivity index (χ1) is 16.7. The van der Waals surface area contributed by atoms with Gasteiger partial charge in [0.15, 0.2) is 0 Å². The molecule has 0 atom stereocenters. The van der Waals surface area contributed by atoms with Crippen molar-refractivity contribution in [2.24, 2.45) is 0 Å². The molecule has 1 fully saturated rings. The minimum atomic E-state index is -4.49. The third-order valence-corrected chi connectivity index (χ3v) is 7.74. The van der Waals surface area contributed by atoms with Crippen LogP contribution in [0.3, 0.4) is 0 Å². The predicted octanol–water partition coefficient (Wildman–Crippen LogP) is 4.53. The Bertz CT molecular complexity index is 1470. The van der Waals surface area contributed by atoms with Gasteiger partial charge in [0, 0.05) is 36.1 Å². The maximum absolute atomic E-state index is 13.1.